The fourth-order valence-electron chi connectivity index (χ4n) is 7.32. The van der Waals surface area contributed by atoms with Crippen molar-refractivity contribution in [3.63, 3.8) is 0 Å². The summed E-state index contributed by atoms with van der Waals surface area (Å²) in [6.45, 7) is 4.81. The van der Waals surface area contributed by atoms with Gasteiger partial charge in [0.25, 0.3) is 0 Å². The maximum Gasteiger partial charge on any atom is 0.402 e. The number of halogens is 6. The number of carboxylic acid groups (broad SMARTS) is 1. The predicted molar refractivity (Wildman–Crippen MR) is 129 cm³/mol. The standard InChI is InChI=1S/C26H32F6N4O3/c1-15(37)35-8-6-24(13-35)7-9-36(14-24)19-5-3-2-4-16(19)10-34-11-17-18(12-34)21(23(38)39)33-20(17)22(25(27,28)29)26(30,31)32/h2-5,17-18,20-22,33H,6-14H2,1H3,(H,38,39). The van der Waals surface area contributed by atoms with Crippen molar-refractivity contribution in [1.82, 2.24) is 15.1 Å². The van der Waals surface area contributed by atoms with Crippen molar-refractivity contribution in [3.05, 3.63) is 29.8 Å². The van der Waals surface area contributed by atoms with E-state index >= 15 is 0 Å². The molecule has 0 bridgehead atoms. The van der Waals surface area contributed by atoms with E-state index < -0.39 is 48.2 Å². The van der Waals surface area contributed by atoms with Crippen molar-refractivity contribution in [1.29, 1.82) is 0 Å². The molecular weight excluding hydrogens is 530 g/mol. The van der Waals surface area contributed by atoms with Crippen molar-refractivity contribution in [3.8, 4) is 0 Å². The van der Waals surface area contributed by atoms with E-state index in [-0.39, 0.29) is 31.0 Å². The van der Waals surface area contributed by atoms with Crippen LogP contribution in [-0.2, 0) is 16.1 Å². The number of aliphatic carboxylic acids is 1. The number of carboxylic acids is 1. The molecule has 5 rings (SSSR count). The van der Waals surface area contributed by atoms with E-state index in [2.05, 4.69) is 10.2 Å². The molecule has 5 unspecified atom stereocenters. The lowest BCUT2D eigenvalue weighted by Crippen LogP contribution is -2.53. The van der Waals surface area contributed by atoms with Gasteiger partial charge in [0.1, 0.15) is 6.04 Å². The van der Waals surface area contributed by atoms with Crippen LogP contribution in [0.25, 0.3) is 0 Å². The molecule has 1 aromatic rings. The number of carbonyl (C=O) groups excluding carboxylic acids is 1. The Hall–Kier alpha value is -2.54. The van der Waals surface area contributed by atoms with E-state index in [4.69, 9.17) is 0 Å². The van der Waals surface area contributed by atoms with Crippen LogP contribution < -0.4 is 10.2 Å². The smallest absolute Gasteiger partial charge is 0.402 e. The Balaban J connectivity index is 1.33. The molecule has 4 saturated heterocycles. The molecule has 0 aromatic heterocycles. The van der Waals surface area contributed by atoms with Crippen molar-refractivity contribution < 1.29 is 41.0 Å². The second kappa shape index (κ2) is 9.83. The summed E-state index contributed by atoms with van der Waals surface area (Å²) >= 11 is 0. The third kappa shape index (κ3) is 5.31. The maximum atomic E-state index is 13.6. The molecule has 4 aliphatic heterocycles. The van der Waals surface area contributed by atoms with Gasteiger partial charge in [0, 0.05) is 75.8 Å². The largest absolute Gasteiger partial charge is 0.480 e. The number of likely N-dealkylation sites (tertiary alicyclic amines) is 2. The summed E-state index contributed by atoms with van der Waals surface area (Å²) in [5.41, 5.74) is 1.83. The Kier molecular flexibility index (Phi) is 7.06. The molecule has 1 spiro atoms. The zero-order valence-electron chi connectivity index (χ0n) is 21.4. The molecule has 0 saturated carbocycles. The molecule has 216 valence electrons. The van der Waals surface area contributed by atoms with Crippen LogP contribution in [-0.4, -0.2) is 90.5 Å². The molecule has 39 heavy (non-hydrogen) atoms. The highest BCUT2D eigenvalue weighted by Gasteiger charge is 2.66. The number of nitrogens with zero attached hydrogens (tertiary/aromatic N) is 3. The number of fused-ring (bicyclic) bond motifs is 1. The quantitative estimate of drug-likeness (QED) is 0.537. The van der Waals surface area contributed by atoms with E-state index in [1.165, 1.54) is 0 Å². The fourth-order valence-corrected chi connectivity index (χ4v) is 7.32. The Labute approximate surface area is 222 Å². The number of para-hydroxylation sites is 1. The average Bonchev–Trinajstić information content (AvgIpc) is 3.58. The Morgan fingerprint density at radius 3 is 2.28 bits per heavy atom. The van der Waals surface area contributed by atoms with E-state index in [9.17, 15) is 41.0 Å². The van der Waals surface area contributed by atoms with Gasteiger partial charge >= 0.3 is 18.3 Å². The fraction of sp³-hybridized carbons (Fsp3) is 0.692. The molecule has 13 heteroatoms. The van der Waals surface area contributed by atoms with Crippen LogP contribution in [0.1, 0.15) is 25.3 Å². The van der Waals surface area contributed by atoms with Gasteiger partial charge in [-0.15, -0.1) is 0 Å². The number of rotatable bonds is 5. The third-order valence-corrected chi connectivity index (χ3v) is 9.13. The van der Waals surface area contributed by atoms with Crippen molar-refractivity contribution in [2.24, 2.45) is 23.2 Å². The molecule has 1 aromatic carbocycles. The van der Waals surface area contributed by atoms with Crippen LogP contribution in [0.5, 0.6) is 0 Å². The van der Waals surface area contributed by atoms with Crippen LogP contribution >= 0.6 is 0 Å². The van der Waals surface area contributed by atoms with Crippen molar-refractivity contribution >= 4 is 17.6 Å². The molecule has 4 aliphatic rings. The summed E-state index contributed by atoms with van der Waals surface area (Å²) < 4.78 is 81.4. The van der Waals surface area contributed by atoms with Gasteiger partial charge in [-0.2, -0.15) is 26.3 Å². The predicted octanol–water partition coefficient (Wildman–Crippen LogP) is 3.35. The molecule has 7 nitrogen and oxygen atoms in total. The highest BCUT2D eigenvalue weighted by Crippen LogP contribution is 2.49. The van der Waals surface area contributed by atoms with Gasteiger partial charge in [-0.05, 0) is 30.4 Å². The van der Waals surface area contributed by atoms with Crippen LogP contribution in [0.3, 0.4) is 0 Å². The lowest BCUT2D eigenvalue weighted by Gasteiger charge is -2.32. The summed E-state index contributed by atoms with van der Waals surface area (Å²) in [6.07, 6.45) is -9.29. The van der Waals surface area contributed by atoms with E-state index in [1.807, 2.05) is 29.2 Å². The van der Waals surface area contributed by atoms with Crippen LogP contribution in [0.4, 0.5) is 32.0 Å². The normalized spacial score (nSPS) is 31.6. The summed E-state index contributed by atoms with van der Waals surface area (Å²) in [5.74, 6) is -7.03. The van der Waals surface area contributed by atoms with E-state index in [1.54, 1.807) is 11.8 Å². The second-order valence-electron chi connectivity index (χ2n) is 11.6. The minimum Gasteiger partial charge on any atom is -0.480 e. The number of hydrogen-bond acceptors (Lipinski definition) is 5. The van der Waals surface area contributed by atoms with E-state index in [0.717, 1.165) is 43.7 Å². The molecule has 1 amide bonds. The minimum absolute atomic E-state index is 0.00124. The van der Waals surface area contributed by atoms with Gasteiger partial charge in [0.15, 0.2) is 5.92 Å². The Morgan fingerprint density at radius 1 is 1.03 bits per heavy atom. The first-order valence-electron chi connectivity index (χ1n) is 13.1. The monoisotopic (exact) mass is 562 g/mol. The zero-order chi connectivity index (χ0) is 28.3. The lowest BCUT2D eigenvalue weighted by atomic mass is 9.84. The van der Waals surface area contributed by atoms with Gasteiger partial charge in [-0.25, -0.2) is 0 Å². The SMILES string of the molecule is CC(=O)N1CCC2(CCN(c3ccccc3CN3CC4C(C(=O)O)NC(C(C(F)(F)F)C(F)(F)F)C4C3)C2)C1. The molecule has 5 atom stereocenters. The summed E-state index contributed by atoms with van der Waals surface area (Å²) in [5, 5.41) is 11.8. The number of amides is 1. The molecule has 4 heterocycles. The lowest BCUT2D eigenvalue weighted by molar-refractivity contribution is -0.293. The van der Waals surface area contributed by atoms with Gasteiger partial charge in [-0.3, -0.25) is 14.5 Å². The Morgan fingerprint density at radius 2 is 1.67 bits per heavy atom. The first kappa shape index (κ1) is 28.0. The number of anilines is 1. The number of benzene rings is 1. The summed E-state index contributed by atoms with van der Waals surface area (Å²) in [7, 11) is 0. The molecular formula is C26H32F6N4O3. The van der Waals surface area contributed by atoms with Crippen LogP contribution in [0.2, 0.25) is 0 Å². The number of carbonyl (C=O) groups is 2. The maximum absolute atomic E-state index is 13.6. The summed E-state index contributed by atoms with van der Waals surface area (Å²) in [4.78, 5) is 29.5. The van der Waals surface area contributed by atoms with Crippen LogP contribution in [0, 0.1) is 23.2 Å². The second-order valence-corrected chi connectivity index (χ2v) is 11.6. The zero-order valence-corrected chi connectivity index (χ0v) is 21.4. The molecule has 0 aliphatic carbocycles. The number of alkyl halides is 6. The molecule has 0 radical (unpaired) electrons. The van der Waals surface area contributed by atoms with Crippen molar-refractivity contribution in [2.45, 2.75) is 50.7 Å². The van der Waals surface area contributed by atoms with Gasteiger partial charge in [-0.1, -0.05) is 18.2 Å². The summed E-state index contributed by atoms with van der Waals surface area (Å²) in [6, 6.07) is 4.01. The first-order chi connectivity index (χ1) is 18.2. The van der Waals surface area contributed by atoms with E-state index in [0.29, 0.717) is 6.54 Å². The Bertz CT molecular complexity index is 1100. The highest BCUT2D eigenvalue weighted by atomic mass is 19.4. The number of nitrogens with one attached hydrogen (secondary N) is 1. The topological polar surface area (TPSA) is 76.1 Å². The first-order valence-corrected chi connectivity index (χ1v) is 13.1. The van der Waals surface area contributed by atoms with Crippen LogP contribution in [0.15, 0.2) is 24.3 Å². The third-order valence-electron chi connectivity index (χ3n) is 9.13. The molecule has 4 fully saturated rings. The van der Waals surface area contributed by atoms with Gasteiger partial charge in [0.05, 0.1) is 0 Å². The molecule has 2 N–H and O–H groups in total. The average molecular weight is 563 g/mol. The highest BCUT2D eigenvalue weighted by molar-refractivity contribution is 5.75. The number of hydrogen-bond donors (Lipinski definition) is 2. The minimum atomic E-state index is -5.56. The van der Waals surface area contributed by atoms with Gasteiger partial charge in [0.2, 0.25) is 5.91 Å². The van der Waals surface area contributed by atoms with Crippen molar-refractivity contribution in [2.75, 3.05) is 44.2 Å². The van der Waals surface area contributed by atoms with Gasteiger partial charge < -0.3 is 20.2 Å².